The van der Waals surface area contributed by atoms with E-state index in [1.165, 1.54) is 4.68 Å². The summed E-state index contributed by atoms with van der Waals surface area (Å²) in [6, 6.07) is 7.69. The summed E-state index contributed by atoms with van der Waals surface area (Å²) in [6.45, 7) is 7.18. The molecular formula is C22H27ClN4O2. The second kappa shape index (κ2) is 8.82. The van der Waals surface area contributed by atoms with Crippen LogP contribution in [0.15, 0.2) is 35.3 Å². The van der Waals surface area contributed by atoms with Gasteiger partial charge in [0.25, 0.3) is 5.56 Å². The molecule has 0 spiro atoms. The molecule has 29 heavy (non-hydrogen) atoms. The van der Waals surface area contributed by atoms with E-state index in [9.17, 15) is 9.59 Å². The molecule has 0 aliphatic carbocycles. The summed E-state index contributed by atoms with van der Waals surface area (Å²) in [5.74, 6) is -0.114. The lowest BCUT2D eigenvalue weighted by atomic mass is 10.2. The summed E-state index contributed by atoms with van der Waals surface area (Å²) >= 11 is 6.32. The predicted octanol–water partition coefficient (Wildman–Crippen LogP) is 3.78. The summed E-state index contributed by atoms with van der Waals surface area (Å²) in [5.41, 5.74) is 2.56. The van der Waals surface area contributed by atoms with Gasteiger partial charge in [-0.05, 0) is 31.9 Å². The maximum Gasteiger partial charge on any atom is 0.276 e. The molecule has 0 bridgehead atoms. The number of unbranched alkanes of at least 4 members (excludes halogenated alkanes) is 1. The Hall–Kier alpha value is -2.60. The molecule has 2 heterocycles. The van der Waals surface area contributed by atoms with Gasteiger partial charge in [-0.3, -0.25) is 9.59 Å². The smallest absolute Gasteiger partial charge is 0.276 e. The lowest BCUT2D eigenvalue weighted by Gasteiger charge is -2.16. The Morgan fingerprint density at radius 3 is 2.62 bits per heavy atom. The molecule has 0 saturated heterocycles. The third-order valence-electron chi connectivity index (χ3n) is 5.45. The molecule has 1 amide bonds. The van der Waals surface area contributed by atoms with Crippen molar-refractivity contribution in [3.8, 4) is 0 Å². The minimum absolute atomic E-state index is 0.0524. The van der Waals surface area contributed by atoms with Crippen molar-refractivity contribution in [1.29, 1.82) is 0 Å². The fourth-order valence-electron chi connectivity index (χ4n) is 3.56. The highest BCUT2D eigenvalue weighted by Gasteiger charge is 2.18. The summed E-state index contributed by atoms with van der Waals surface area (Å²) in [7, 11) is 1.76. The van der Waals surface area contributed by atoms with E-state index in [1.54, 1.807) is 18.1 Å². The van der Waals surface area contributed by atoms with E-state index in [4.69, 9.17) is 11.6 Å². The average molecular weight is 415 g/mol. The topological polar surface area (TPSA) is 60.1 Å². The zero-order valence-corrected chi connectivity index (χ0v) is 18.2. The number of hydrogen-bond acceptors (Lipinski definition) is 3. The van der Waals surface area contributed by atoms with Crippen LogP contribution >= 0.6 is 11.6 Å². The number of nitrogens with zero attached hydrogens (tertiary/aromatic N) is 4. The quantitative estimate of drug-likeness (QED) is 0.591. The first kappa shape index (κ1) is 21.1. The largest absolute Gasteiger partial charge is 0.344 e. The van der Waals surface area contributed by atoms with Gasteiger partial charge in [-0.2, -0.15) is 5.10 Å². The highest BCUT2D eigenvalue weighted by molar-refractivity contribution is 6.31. The van der Waals surface area contributed by atoms with Gasteiger partial charge in [0, 0.05) is 41.9 Å². The Balaban J connectivity index is 1.96. The molecular weight excluding hydrogens is 388 g/mol. The highest BCUT2D eigenvalue weighted by atomic mass is 35.5. The van der Waals surface area contributed by atoms with Gasteiger partial charge in [-0.1, -0.05) is 43.1 Å². The predicted molar refractivity (Wildman–Crippen MR) is 117 cm³/mol. The Kier molecular flexibility index (Phi) is 6.42. The van der Waals surface area contributed by atoms with Crippen molar-refractivity contribution in [2.75, 3.05) is 13.6 Å². The molecule has 1 aromatic carbocycles. The minimum Gasteiger partial charge on any atom is -0.344 e. The second-order valence-corrected chi connectivity index (χ2v) is 7.82. The van der Waals surface area contributed by atoms with E-state index >= 15 is 0 Å². The van der Waals surface area contributed by atoms with Crippen LogP contribution in [0.25, 0.3) is 10.8 Å². The fourth-order valence-corrected chi connectivity index (χ4v) is 3.76. The van der Waals surface area contributed by atoms with Gasteiger partial charge < -0.3 is 9.47 Å². The SMILES string of the molecule is CCCCN(C)C(=O)Cn1ncc2c(C)n(Cc3ccccc3Cl)c(C)c2c1=O. The van der Waals surface area contributed by atoms with Crippen molar-refractivity contribution in [3.05, 3.63) is 62.8 Å². The van der Waals surface area contributed by atoms with Gasteiger partial charge in [-0.25, -0.2) is 4.68 Å². The number of benzene rings is 1. The number of rotatable bonds is 7. The third kappa shape index (κ3) is 4.22. The number of aryl methyl sites for hydroxylation is 2. The van der Waals surface area contributed by atoms with Crippen LogP contribution in [0.5, 0.6) is 0 Å². The van der Waals surface area contributed by atoms with Crippen LogP contribution in [0.4, 0.5) is 0 Å². The Labute approximate surface area is 175 Å². The van der Waals surface area contributed by atoms with Crippen LogP contribution in [0, 0.1) is 13.8 Å². The number of likely N-dealkylation sites (N-methyl/N-ethyl adjacent to an activating group) is 1. The lowest BCUT2D eigenvalue weighted by Crippen LogP contribution is -2.35. The van der Waals surface area contributed by atoms with E-state index in [0.717, 1.165) is 35.2 Å². The molecule has 0 aliphatic rings. The highest BCUT2D eigenvalue weighted by Crippen LogP contribution is 2.25. The van der Waals surface area contributed by atoms with Crippen molar-refractivity contribution < 1.29 is 4.79 Å². The zero-order chi connectivity index (χ0) is 21.1. The molecule has 6 nitrogen and oxygen atoms in total. The van der Waals surface area contributed by atoms with Crippen molar-refractivity contribution in [1.82, 2.24) is 19.2 Å². The number of carbonyl (C=O) groups is 1. The van der Waals surface area contributed by atoms with Crippen LogP contribution in [0.2, 0.25) is 5.02 Å². The minimum atomic E-state index is -0.238. The van der Waals surface area contributed by atoms with Gasteiger partial charge in [0.15, 0.2) is 0 Å². The number of halogens is 1. The first-order valence-electron chi connectivity index (χ1n) is 9.88. The molecule has 3 rings (SSSR count). The molecule has 2 aromatic heterocycles. The van der Waals surface area contributed by atoms with Gasteiger partial charge in [0.2, 0.25) is 5.91 Å². The second-order valence-electron chi connectivity index (χ2n) is 7.41. The maximum atomic E-state index is 13.1. The molecule has 0 saturated carbocycles. The molecule has 0 atom stereocenters. The molecule has 0 N–H and O–H groups in total. The molecule has 0 aliphatic heterocycles. The molecule has 0 fully saturated rings. The normalized spacial score (nSPS) is 11.2. The third-order valence-corrected chi connectivity index (χ3v) is 5.82. The monoisotopic (exact) mass is 414 g/mol. The number of amides is 1. The van der Waals surface area contributed by atoms with Crippen LogP contribution in [-0.2, 0) is 17.9 Å². The van der Waals surface area contributed by atoms with Crippen LogP contribution in [-0.4, -0.2) is 38.7 Å². The number of fused-ring (bicyclic) bond motifs is 1. The van der Waals surface area contributed by atoms with Gasteiger partial charge in [-0.15, -0.1) is 0 Å². The number of aromatic nitrogens is 3. The van der Waals surface area contributed by atoms with Crippen molar-refractivity contribution in [2.45, 2.75) is 46.7 Å². The van der Waals surface area contributed by atoms with Crippen molar-refractivity contribution >= 4 is 28.3 Å². The van der Waals surface area contributed by atoms with Crippen LogP contribution in [0.1, 0.15) is 36.7 Å². The number of hydrogen-bond donors (Lipinski definition) is 0. The Morgan fingerprint density at radius 2 is 1.93 bits per heavy atom. The fraction of sp³-hybridized carbons (Fsp3) is 0.409. The van der Waals surface area contributed by atoms with Gasteiger partial charge in [0.05, 0.1) is 11.6 Å². The molecule has 0 radical (unpaired) electrons. The van der Waals surface area contributed by atoms with Crippen LogP contribution < -0.4 is 5.56 Å². The summed E-state index contributed by atoms with van der Waals surface area (Å²) in [5, 5.41) is 6.37. The molecule has 0 unspecified atom stereocenters. The first-order chi connectivity index (χ1) is 13.8. The Morgan fingerprint density at radius 1 is 1.21 bits per heavy atom. The van der Waals surface area contributed by atoms with E-state index in [2.05, 4.69) is 16.6 Å². The number of carbonyl (C=O) groups excluding carboxylic acids is 1. The lowest BCUT2D eigenvalue weighted by molar-refractivity contribution is -0.130. The summed E-state index contributed by atoms with van der Waals surface area (Å²) in [6.07, 6.45) is 3.63. The van der Waals surface area contributed by atoms with Crippen LogP contribution in [0.3, 0.4) is 0 Å². The van der Waals surface area contributed by atoms with Crippen molar-refractivity contribution in [3.63, 3.8) is 0 Å². The molecule has 3 aromatic rings. The zero-order valence-electron chi connectivity index (χ0n) is 17.4. The maximum absolute atomic E-state index is 13.1. The van der Waals surface area contributed by atoms with E-state index in [1.807, 2.05) is 38.1 Å². The molecule has 154 valence electrons. The summed E-state index contributed by atoms with van der Waals surface area (Å²) < 4.78 is 3.34. The van der Waals surface area contributed by atoms with Gasteiger partial charge >= 0.3 is 0 Å². The van der Waals surface area contributed by atoms with Crippen molar-refractivity contribution in [2.24, 2.45) is 0 Å². The van der Waals surface area contributed by atoms with E-state index in [-0.39, 0.29) is 18.0 Å². The molecule has 7 heteroatoms. The average Bonchev–Trinajstić information content (AvgIpc) is 2.94. The van der Waals surface area contributed by atoms with E-state index < -0.39 is 0 Å². The first-order valence-corrected chi connectivity index (χ1v) is 10.3. The standard InChI is InChI=1S/C22H27ClN4O2/c1-5-6-11-25(4)20(28)14-27-22(29)21-16(3)26(15(2)18(21)12-24-27)13-17-9-7-8-10-19(17)23/h7-10,12H,5-6,11,13-14H2,1-4H3. The Bertz CT molecular complexity index is 1100. The van der Waals surface area contributed by atoms with E-state index in [0.29, 0.717) is 23.5 Å². The van der Waals surface area contributed by atoms with Gasteiger partial charge in [0.1, 0.15) is 6.54 Å². The summed E-state index contributed by atoms with van der Waals surface area (Å²) in [4.78, 5) is 27.2.